The second kappa shape index (κ2) is 19.1. The molecule has 0 spiro atoms. The third-order valence-corrected chi connectivity index (χ3v) is 15.3. The average Bonchev–Trinajstić information content (AvgIpc) is 3.88. The van der Waals surface area contributed by atoms with Gasteiger partial charge in [0.05, 0.1) is 11.0 Å². The van der Waals surface area contributed by atoms with Crippen LogP contribution in [0.15, 0.2) is 303 Å². The van der Waals surface area contributed by atoms with E-state index in [1.807, 2.05) is 0 Å². The molecule has 0 atom stereocenters. The van der Waals surface area contributed by atoms with Gasteiger partial charge in [0, 0.05) is 33.5 Å². The zero-order valence-corrected chi connectivity index (χ0v) is 41.8. The molecule has 14 aromatic rings. The second-order valence-electron chi connectivity index (χ2n) is 19.6. The van der Waals surface area contributed by atoms with Gasteiger partial charge in [-0.2, -0.15) is 0 Å². The summed E-state index contributed by atoms with van der Waals surface area (Å²) in [5, 5.41) is 7.57. The summed E-state index contributed by atoms with van der Waals surface area (Å²) in [7, 11) is 0. The van der Waals surface area contributed by atoms with Gasteiger partial charge in [0.25, 0.3) is 0 Å². The molecule has 356 valence electrons. The molecule has 0 bridgehead atoms. The minimum atomic E-state index is 1.07. The lowest BCUT2D eigenvalue weighted by Crippen LogP contribution is -2.09. The highest BCUT2D eigenvalue weighted by Crippen LogP contribution is 2.44. The van der Waals surface area contributed by atoms with E-state index in [0.717, 1.165) is 33.9 Å². The third-order valence-electron chi connectivity index (χ3n) is 15.3. The molecule has 14 rings (SSSR count). The molecule has 0 aliphatic rings. The van der Waals surface area contributed by atoms with Gasteiger partial charge in [0.2, 0.25) is 0 Å². The molecule has 1 aromatic heterocycles. The van der Waals surface area contributed by atoms with Crippen LogP contribution in [0.4, 0.5) is 17.1 Å². The molecule has 0 aliphatic carbocycles. The molecule has 0 saturated carbocycles. The minimum absolute atomic E-state index is 1.07. The number of rotatable bonds is 10. The van der Waals surface area contributed by atoms with E-state index < -0.39 is 0 Å². The third kappa shape index (κ3) is 7.92. The van der Waals surface area contributed by atoms with Crippen molar-refractivity contribution in [2.24, 2.45) is 0 Å². The number of benzene rings is 13. The van der Waals surface area contributed by atoms with E-state index in [1.54, 1.807) is 0 Å². The van der Waals surface area contributed by atoms with Crippen LogP contribution in [0.2, 0.25) is 0 Å². The molecule has 2 nitrogen and oxygen atoms in total. The van der Waals surface area contributed by atoms with E-state index in [0.29, 0.717) is 0 Å². The molecule has 0 radical (unpaired) electrons. The van der Waals surface area contributed by atoms with E-state index >= 15 is 0 Å². The quantitative estimate of drug-likeness (QED) is 0.124. The Morgan fingerprint density at radius 3 is 1.07 bits per heavy atom. The van der Waals surface area contributed by atoms with E-state index in [-0.39, 0.29) is 0 Å². The SMILES string of the molecule is c1ccc(-c2ccccc2-c2ccccc2-c2ccccc2-c2ccc(N(c3ccc(-c4ccc(-n5c6ccccc6c6ccccc65)cc4)cc3)c3ccc(-c4cc5ccccc5c5ccccc45)cc3)cc2)cc1. The Kier molecular flexibility index (Phi) is 11.2. The number of anilines is 3. The maximum absolute atomic E-state index is 2.38. The highest BCUT2D eigenvalue weighted by Gasteiger charge is 2.19. The van der Waals surface area contributed by atoms with Gasteiger partial charge >= 0.3 is 0 Å². The van der Waals surface area contributed by atoms with E-state index in [2.05, 4.69) is 313 Å². The van der Waals surface area contributed by atoms with E-state index in [9.17, 15) is 0 Å². The molecular weight excluding hydrogens is 917 g/mol. The van der Waals surface area contributed by atoms with Crippen LogP contribution in [-0.4, -0.2) is 4.57 Å². The molecule has 13 aromatic carbocycles. The Hall–Kier alpha value is -10.0. The van der Waals surface area contributed by atoms with Gasteiger partial charge in [-0.25, -0.2) is 0 Å². The fourth-order valence-electron chi connectivity index (χ4n) is 11.6. The molecule has 0 fully saturated rings. The molecule has 76 heavy (non-hydrogen) atoms. The van der Waals surface area contributed by atoms with Crippen molar-refractivity contribution in [2.45, 2.75) is 0 Å². The van der Waals surface area contributed by atoms with E-state index in [1.165, 1.54) is 99.0 Å². The standard InChI is InChI=1S/C74H50N2/c1-2-18-53(19-3-1)61-21-6-8-24-64(61)67-27-11-12-28-68(67)65-25-9-7-22-62(65)54-38-46-58(47-39-54)75(59-48-40-55(41-49-59)72-50-56-20-4-5-23-63(56)66-26-10-13-29-69(66)72)57-42-34-51(35-43-57)52-36-44-60(45-37-52)76-73-32-16-14-30-70(73)71-31-15-17-33-74(71)76/h1-50H. The molecule has 2 heteroatoms. The van der Waals surface area contributed by atoms with Crippen LogP contribution < -0.4 is 4.90 Å². The largest absolute Gasteiger partial charge is 0.311 e. The molecule has 0 aliphatic heterocycles. The summed E-state index contributed by atoms with van der Waals surface area (Å²) in [4.78, 5) is 2.38. The Bertz CT molecular complexity index is 4360. The normalized spacial score (nSPS) is 11.4. The minimum Gasteiger partial charge on any atom is -0.311 e. The van der Waals surface area contributed by atoms with Gasteiger partial charge in [-0.1, -0.05) is 237 Å². The first-order chi connectivity index (χ1) is 37.7. The number of hydrogen-bond acceptors (Lipinski definition) is 1. The fraction of sp³-hybridized carbons (Fsp3) is 0. The first kappa shape index (κ1) is 44.7. The molecule has 1 heterocycles. The summed E-state index contributed by atoms with van der Waals surface area (Å²) in [5.74, 6) is 0. The van der Waals surface area contributed by atoms with Crippen molar-refractivity contribution in [3.05, 3.63) is 303 Å². The number of hydrogen-bond donors (Lipinski definition) is 0. The Morgan fingerprint density at radius 1 is 0.211 bits per heavy atom. The van der Waals surface area contributed by atoms with Gasteiger partial charge < -0.3 is 9.47 Å². The van der Waals surface area contributed by atoms with E-state index in [4.69, 9.17) is 0 Å². The molecule has 0 saturated heterocycles. The zero-order chi connectivity index (χ0) is 50.4. The number of nitrogens with zero attached hydrogens (tertiary/aromatic N) is 2. The van der Waals surface area contributed by atoms with Gasteiger partial charge in [0.15, 0.2) is 0 Å². The first-order valence-electron chi connectivity index (χ1n) is 26.2. The number of para-hydroxylation sites is 2. The Labute approximate surface area is 443 Å². The monoisotopic (exact) mass is 966 g/mol. The number of aromatic nitrogens is 1. The first-order valence-corrected chi connectivity index (χ1v) is 26.2. The lowest BCUT2D eigenvalue weighted by atomic mass is 9.87. The maximum atomic E-state index is 2.38. The van der Waals surface area contributed by atoms with Crippen molar-refractivity contribution in [1.29, 1.82) is 0 Å². The lowest BCUT2D eigenvalue weighted by molar-refractivity contribution is 1.18. The van der Waals surface area contributed by atoms with Gasteiger partial charge in [-0.05, 0) is 155 Å². The predicted molar refractivity (Wildman–Crippen MR) is 323 cm³/mol. The summed E-state index contributed by atoms with van der Waals surface area (Å²) in [6, 6.07) is 111. The molecule has 0 N–H and O–H groups in total. The van der Waals surface area contributed by atoms with Crippen molar-refractivity contribution >= 4 is 60.4 Å². The highest BCUT2D eigenvalue weighted by molar-refractivity contribution is 6.14. The van der Waals surface area contributed by atoms with Crippen LogP contribution in [0.1, 0.15) is 0 Å². The summed E-state index contributed by atoms with van der Waals surface area (Å²) >= 11 is 0. The Morgan fingerprint density at radius 2 is 0.553 bits per heavy atom. The van der Waals surface area contributed by atoms with Crippen LogP contribution >= 0.6 is 0 Å². The molecular formula is C74H50N2. The van der Waals surface area contributed by atoms with Crippen molar-refractivity contribution in [3.63, 3.8) is 0 Å². The smallest absolute Gasteiger partial charge is 0.0541 e. The average molecular weight is 967 g/mol. The second-order valence-corrected chi connectivity index (χ2v) is 19.6. The van der Waals surface area contributed by atoms with Gasteiger partial charge in [0.1, 0.15) is 0 Å². The van der Waals surface area contributed by atoms with Crippen molar-refractivity contribution in [2.75, 3.05) is 4.90 Å². The van der Waals surface area contributed by atoms with Crippen LogP contribution in [-0.2, 0) is 0 Å². The van der Waals surface area contributed by atoms with Crippen LogP contribution in [0.25, 0.3) is 116 Å². The summed E-state index contributed by atoms with van der Waals surface area (Å²) < 4.78 is 2.37. The molecule has 0 unspecified atom stereocenters. The lowest BCUT2D eigenvalue weighted by Gasteiger charge is -2.26. The highest BCUT2D eigenvalue weighted by atomic mass is 15.1. The van der Waals surface area contributed by atoms with Crippen LogP contribution in [0.5, 0.6) is 0 Å². The van der Waals surface area contributed by atoms with Gasteiger partial charge in [-0.3, -0.25) is 0 Å². The van der Waals surface area contributed by atoms with Crippen molar-refractivity contribution in [1.82, 2.24) is 4.57 Å². The summed E-state index contributed by atoms with van der Waals surface area (Å²) in [6.07, 6.45) is 0. The number of fused-ring (bicyclic) bond motifs is 6. The van der Waals surface area contributed by atoms with Crippen LogP contribution in [0.3, 0.4) is 0 Å². The Balaban J connectivity index is 0.836. The summed E-state index contributed by atoms with van der Waals surface area (Å²) in [5.41, 5.74) is 21.1. The van der Waals surface area contributed by atoms with Crippen molar-refractivity contribution < 1.29 is 0 Å². The van der Waals surface area contributed by atoms with Gasteiger partial charge in [-0.15, -0.1) is 0 Å². The zero-order valence-electron chi connectivity index (χ0n) is 41.8. The molecule has 0 amide bonds. The van der Waals surface area contributed by atoms with Crippen LogP contribution in [0, 0.1) is 0 Å². The van der Waals surface area contributed by atoms with Crippen molar-refractivity contribution in [3.8, 4) is 72.4 Å². The predicted octanol–water partition coefficient (Wildman–Crippen LogP) is 20.6. The maximum Gasteiger partial charge on any atom is 0.0541 e. The summed E-state index contributed by atoms with van der Waals surface area (Å²) in [6.45, 7) is 0. The fourth-order valence-corrected chi connectivity index (χ4v) is 11.6. The topological polar surface area (TPSA) is 8.17 Å².